The molecule has 0 aliphatic carbocycles. The number of hydrogen-bond donors (Lipinski definition) is 3. The number of rotatable bonds is 4. The molecule has 164 valence electrons. The fourth-order valence-electron chi connectivity index (χ4n) is 4.31. The summed E-state index contributed by atoms with van der Waals surface area (Å²) >= 11 is 0. The van der Waals surface area contributed by atoms with Crippen LogP contribution >= 0.6 is 0 Å². The van der Waals surface area contributed by atoms with Crippen molar-refractivity contribution in [3.63, 3.8) is 0 Å². The number of nitrogen functional groups attached to an aromatic ring is 1. The molecule has 1 atom stereocenters. The van der Waals surface area contributed by atoms with Crippen LogP contribution in [0.5, 0.6) is 5.75 Å². The van der Waals surface area contributed by atoms with Crippen LogP contribution in [0.25, 0.3) is 27.6 Å². The first kappa shape index (κ1) is 19.3. The average Bonchev–Trinajstić information content (AvgIpc) is 3.34. The Bertz CT molecular complexity index is 1540. The Balaban J connectivity index is 1.35. The molecule has 4 N–H and O–H groups in total. The Morgan fingerprint density at radius 1 is 1.15 bits per heavy atom. The number of nitrogens with two attached hydrogens (primary N) is 1. The number of ether oxygens (including phenoxy) is 1. The summed E-state index contributed by atoms with van der Waals surface area (Å²) in [6.07, 6.45) is 4.99. The fourth-order valence-corrected chi connectivity index (χ4v) is 4.31. The van der Waals surface area contributed by atoms with E-state index in [0.717, 1.165) is 40.9 Å². The lowest BCUT2D eigenvalue weighted by molar-refractivity contribution is 0.185. The van der Waals surface area contributed by atoms with Gasteiger partial charge in [0.15, 0.2) is 5.65 Å². The summed E-state index contributed by atoms with van der Waals surface area (Å²) in [5.41, 5.74) is 9.42. The Labute approximate surface area is 188 Å². The van der Waals surface area contributed by atoms with Crippen molar-refractivity contribution in [3.8, 4) is 11.4 Å². The second-order valence-electron chi connectivity index (χ2n) is 8.09. The highest BCUT2D eigenvalue weighted by atomic mass is 16.5. The molecule has 1 aliphatic rings. The highest BCUT2D eigenvalue weighted by Gasteiger charge is 2.21. The molecule has 1 unspecified atom stereocenters. The van der Waals surface area contributed by atoms with Crippen molar-refractivity contribution in [2.45, 2.75) is 18.9 Å². The van der Waals surface area contributed by atoms with Crippen LogP contribution in [-0.2, 0) is 6.42 Å². The van der Waals surface area contributed by atoms with E-state index in [1.54, 1.807) is 10.8 Å². The summed E-state index contributed by atoms with van der Waals surface area (Å²) in [6.45, 7) is 0.539. The van der Waals surface area contributed by atoms with Crippen molar-refractivity contribution in [3.05, 3.63) is 76.8 Å². The molecule has 0 fully saturated rings. The molecular formula is C24H21N7O2. The molecule has 5 aromatic rings. The second kappa shape index (κ2) is 7.63. The van der Waals surface area contributed by atoms with Crippen molar-refractivity contribution in [2.75, 3.05) is 17.6 Å². The first-order valence-electron chi connectivity index (χ1n) is 10.8. The van der Waals surface area contributed by atoms with Crippen LogP contribution < -0.4 is 21.3 Å². The predicted molar refractivity (Wildman–Crippen MR) is 127 cm³/mol. The van der Waals surface area contributed by atoms with Crippen LogP contribution in [0.15, 0.2) is 65.7 Å². The van der Waals surface area contributed by atoms with Gasteiger partial charge in [-0.25, -0.2) is 4.98 Å². The molecule has 0 radical (unpaired) electrons. The third-order valence-corrected chi connectivity index (χ3v) is 5.94. The van der Waals surface area contributed by atoms with Gasteiger partial charge in [0.2, 0.25) is 5.95 Å². The lowest BCUT2D eigenvalue weighted by Crippen LogP contribution is -2.30. The van der Waals surface area contributed by atoms with E-state index >= 15 is 0 Å². The van der Waals surface area contributed by atoms with Crippen LogP contribution in [0, 0.1) is 0 Å². The summed E-state index contributed by atoms with van der Waals surface area (Å²) in [6, 6.07) is 15.2. The lowest BCUT2D eigenvalue weighted by Gasteiger charge is -2.26. The van der Waals surface area contributed by atoms with Gasteiger partial charge < -0.3 is 15.8 Å². The first-order valence-corrected chi connectivity index (χ1v) is 10.8. The van der Waals surface area contributed by atoms with Crippen LogP contribution in [-0.4, -0.2) is 37.4 Å². The highest BCUT2D eigenvalue weighted by Crippen LogP contribution is 2.29. The fraction of sp³-hybridized carbons (Fsp3) is 0.167. The third kappa shape index (κ3) is 3.34. The molecule has 6 rings (SSSR count). The summed E-state index contributed by atoms with van der Waals surface area (Å²) in [7, 11) is 0. The minimum atomic E-state index is -0.186. The van der Waals surface area contributed by atoms with Crippen LogP contribution in [0.3, 0.4) is 0 Å². The minimum Gasteiger partial charge on any atom is -0.488 e. The summed E-state index contributed by atoms with van der Waals surface area (Å²) < 4.78 is 7.71. The molecule has 2 aromatic carbocycles. The van der Waals surface area contributed by atoms with Gasteiger partial charge in [0.05, 0.1) is 34.7 Å². The Hall–Kier alpha value is -4.40. The van der Waals surface area contributed by atoms with Gasteiger partial charge in [-0.15, -0.1) is 0 Å². The molecule has 1 aliphatic heterocycles. The number of aromatic amines is 1. The SMILES string of the molecule is Nc1ccc2c(c1)CCC(CNc1ncc3c4[nH]ncc4c(=O)n(-c4ccccc4)c3n1)O2. The normalized spacial score (nSPS) is 15.3. The smallest absolute Gasteiger partial charge is 0.267 e. The van der Waals surface area contributed by atoms with Gasteiger partial charge in [-0.05, 0) is 48.7 Å². The monoisotopic (exact) mass is 439 g/mol. The van der Waals surface area contributed by atoms with E-state index < -0.39 is 0 Å². The number of pyridine rings is 1. The molecule has 9 nitrogen and oxygen atoms in total. The van der Waals surface area contributed by atoms with Gasteiger partial charge in [-0.1, -0.05) is 18.2 Å². The first-order chi connectivity index (χ1) is 16.2. The van der Waals surface area contributed by atoms with Gasteiger partial charge in [0.25, 0.3) is 5.56 Å². The molecule has 0 bridgehead atoms. The summed E-state index contributed by atoms with van der Waals surface area (Å²) in [5, 5.41) is 11.4. The maximum absolute atomic E-state index is 13.3. The van der Waals surface area contributed by atoms with E-state index in [4.69, 9.17) is 15.5 Å². The number of nitrogens with zero attached hydrogens (tertiary/aromatic N) is 4. The Morgan fingerprint density at radius 2 is 2.03 bits per heavy atom. The molecule has 0 amide bonds. The van der Waals surface area contributed by atoms with Gasteiger partial charge >= 0.3 is 0 Å². The van der Waals surface area contributed by atoms with E-state index in [2.05, 4.69) is 20.5 Å². The van der Waals surface area contributed by atoms with E-state index in [0.29, 0.717) is 29.0 Å². The second-order valence-corrected chi connectivity index (χ2v) is 8.09. The van der Waals surface area contributed by atoms with E-state index in [1.165, 1.54) is 6.20 Å². The molecule has 33 heavy (non-hydrogen) atoms. The van der Waals surface area contributed by atoms with Crippen LogP contribution in [0.4, 0.5) is 11.6 Å². The van der Waals surface area contributed by atoms with Crippen LogP contribution in [0.1, 0.15) is 12.0 Å². The standard InChI is InChI=1S/C24H21N7O2/c25-15-7-9-20-14(10-15)6-8-17(33-20)11-26-24-27-12-18-21-19(13-28-30-21)23(32)31(22(18)29-24)16-4-2-1-3-5-16/h1-5,7,9-10,12-13,17H,6,8,11,25H2,(H,28,30)(H,26,27,29). The molecule has 0 spiro atoms. The largest absolute Gasteiger partial charge is 0.488 e. The lowest BCUT2D eigenvalue weighted by atomic mass is 10.0. The number of benzene rings is 2. The molecule has 9 heteroatoms. The zero-order chi connectivity index (χ0) is 22.4. The van der Waals surface area contributed by atoms with Crippen molar-refractivity contribution in [2.24, 2.45) is 0 Å². The topological polar surface area (TPSA) is 124 Å². The number of para-hydroxylation sites is 1. The third-order valence-electron chi connectivity index (χ3n) is 5.94. The summed E-state index contributed by atoms with van der Waals surface area (Å²) in [4.78, 5) is 22.4. The van der Waals surface area contributed by atoms with Crippen molar-refractivity contribution in [1.29, 1.82) is 0 Å². The molecule has 0 saturated heterocycles. The van der Waals surface area contributed by atoms with Gasteiger partial charge in [-0.2, -0.15) is 10.1 Å². The molecular weight excluding hydrogens is 418 g/mol. The Kier molecular flexibility index (Phi) is 4.46. The minimum absolute atomic E-state index is 0.0215. The van der Waals surface area contributed by atoms with Crippen LogP contribution in [0.2, 0.25) is 0 Å². The number of aromatic nitrogens is 5. The van der Waals surface area contributed by atoms with Gasteiger partial charge in [0, 0.05) is 11.9 Å². The molecule has 0 saturated carbocycles. The maximum atomic E-state index is 13.3. The number of hydrogen-bond acceptors (Lipinski definition) is 7. The zero-order valence-electron chi connectivity index (χ0n) is 17.7. The number of H-pyrrole nitrogens is 1. The van der Waals surface area contributed by atoms with Crippen molar-refractivity contribution in [1.82, 2.24) is 24.7 Å². The van der Waals surface area contributed by atoms with Gasteiger partial charge in [0.1, 0.15) is 11.9 Å². The maximum Gasteiger partial charge on any atom is 0.267 e. The number of nitrogens with one attached hydrogen (secondary N) is 2. The van der Waals surface area contributed by atoms with E-state index in [-0.39, 0.29) is 11.7 Å². The van der Waals surface area contributed by atoms with Crippen molar-refractivity contribution < 1.29 is 4.74 Å². The van der Waals surface area contributed by atoms with E-state index in [1.807, 2.05) is 48.5 Å². The number of anilines is 2. The quantitative estimate of drug-likeness (QED) is 0.368. The van der Waals surface area contributed by atoms with E-state index in [9.17, 15) is 4.79 Å². The predicted octanol–water partition coefficient (Wildman–Crippen LogP) is 3.04. The molecule has 3 aromatic heterocycles. The average molecular weight is 439 g/mol. The zero-order valence-corrected chi connectivity index (χ0v) is 17.7. The highest BCUT2D eigenvalue weighted by molar-refractivity contribution is 6.02. The Morgan fingerprint density at radius 3 is 2.91 bits per heavy atom. The van der Waals surface area contributed by atoms with Crippen molar-refractivity contribution >= 4 is 33.6 Å². The summed E-state index contributed by atoms with van der Waals surface area (Å²) in [5.74, 6) is 1.29. The molecule has 4 heterocycles. The number of aryl methyl sites for hydroxylation is 1. The number of fused-ring (bicyclic) bond motifs is 4. The van der Waals surface area contributed by atoms with Gasteiger partial charge in [-0.3, -0.25) is 14.5 Å².